The fraction of sp³-hybridized carbons (Fsp3) is 0.333. The molecule has 0 radical (unpaired) electrons. The van der Waals surface area contributed by atoms with E-state index in [9.17, 15) is 5.11 Å². The van der Waals surface area contributed by atoms with Crippen LogP contribution in [0, 0.1) is 0 Å². The third kappa shape index (κ3) is 2.50. The molecule has 0 unspecified atom stereocenters. The Morgan fingerprint density at radius 1 is 1.50 bits per heavy atom. The minimum absolute atomic E-state index is 0.287. The molecule has 0 fully saturated rings. The van der Waals surface area contributed by atoms with E-state index in [0.717, 1.165) is 17.6 Å². The minimum atomic E-state index is 0.287. The van der Waals surface area contributed by atoms with Crippen LogP contribution in [-0.4, -0.2) is 11.7 Å². The van der Waals surface area contributed by atoms with E-state index >= 15 is 0 Å². The van der Waals surface area contributed by atoms with Crippen LogP contribution in [0.25, 0.3) is 0 Å². The van der Waals surface area contributed by atoms with Gasteiger partial charge in [-0.05, 0) is 40.2 Å². The van der Waals surface area contributed by atoms with E-state index in [0.29, 0.717) is 0 Å². The molecule has 0 saturated heterocycles. The van der Waals surface area contributed by atoms with Crippen LogP contribution in [0.3, 0.4) is 0 Å². The first kappa shape index (κ1) is 9.55. The zero-order chi connectivity index (χ0) is 8.97. The molecule has 0 aromatic heterocycles. The maximum atomic E-state index is 9.20. The van der Waals surface area contributed by atoms with E-state index in [-0.39, 0.29) is 5.75 Å². The second-order valence-electron chi connectivity index (χ2n) is 2.57. The van der Waals surface area contributed by atoms with Crippen molar-refractivity contribution in [3.8, 4) is 5.75 Å². The van der Waals surface area contributed by atoms with Crippen LogP contribution in [0.1, 0.15) is 12.5 Å². The van der Waals surface area contributed by atoms with Crippen LogP contribution in [-0.2, 0) is 6.54 Å². The van der Waals surface area contributed by atoms with Crippen LogP contribution in [0.4, 0.5) is 0 Å². The normalized spacial score (nSPS) is 10.2. The highest BCUT2D eigenvalue weighted by molar-refractivity contribution is 9.10. The van der Waals surface area contributed by atoms with Gasteiger partial charge in [0.15, 0.2) is 0 Å². The molecule has 0 aliphatic carbocycles. The molecule has 0 saturated carbocycles. The molecule has 0 aliphatic rings. The molecule has 0 spiro atoms. The van der Waals surface area contributed by atoms with Crippen LogP contribution < -0.4 is 5.32 Å². The lowest BCUT2D eigenvalue weighted by Gasteiger charge is -2.03. The van der Waals surface area contributed by atoms with Crippen molar-refractivity contribution in [1.29, 1.82) is 0 Å². The van der Waals surface area contributed by atoms with Crippen LogP contribution in [0.5, 0.6) is 5.75 Å². The molecule has 2 nitrogen and oxygen atoms in total. The first-order chi connectivity index (χ1) is 5.74. The summed E-state index contributed by atoms with van der Waals surface area (Å²) in [4.78, 5) is 0. The molecule has 0 atom stereocenters. The topological polar surface area (TPSA) is 32.3 Å². The summed E-state index contributed by atoms with van der Waals surface area (Å²) in [6.07, 6.45) is 0. The first-order valence-corrected chi connectivity index (χ1v) is 4.71. The molecule has 0 amide bonds. The molecule has 66 valence electrons. The van der Waals surface area contributed by atoms with Gasteiger partial charge in [-0.3, -0.25) is 0 Å². The summed E-state index contributed by atoms with van der Waals surface area (Å²) < 4.78 is 0.748. The predicted molar refractivity (Wildman–Crippen MR) is 53.2 cm³/mol. The Morgan fingerprint density at radius 3 is 2.83 bits per heavy atom. The Kier molecular flexibility index (Phi) is 3.56. The van der Waals surface area contributed by atoms with Crippen molar-refractivity contribution >= 4 is 15.9 Å². The number of halogens is 1. The standard InChI is InChI=1S/C9H12BrNO/c1-2-11-6-7-3-4-9(12)8(10)5-7/h3-5,11-12H,2,6H2,1H3. The Labute approximate surface area is 80.7 Å². The summed E-state index contributed by atoms with van der Waals surface area (Å²) in [5.41, 5.74) is 1.17. The van der Waals surface area contributed by atoms with Crippen molar-refractivity contribution < 1.29 is 5.11 Å². The van der Waals surface area contributed by atoms with E-state index in [1.165, 1.54) is 5.56 Å². The fourth-order valence-corrected chi connectivity index (χ4v) is 1.36. The molecule has 1 rings (SSSR count). The summed E-state index contributed by atoms with van der Waals surface area (Å²) >= 11 is 3.26. The van der Waals surface area contributed by atoms with Crippen molar-refractivity contribution in [1.82, 2.24) is 5.32 Å². The number of hydrogen-bond donors (Lipinski definition) is 2. The Balaban J connectivity index is 2.69. The second kappa shape index (κ2) is 4.48. The van der Waals surface area contributed by atoms with Gasteiger partial charge in [0.05, 0.1) is 4.47 Å². The van der Waals surface area contributed by atoms with Crippen molar-refractivity contribution in [3.63, 3.8) is 0 Å². The summed E-state index contributed by atoms with van der Waals surface area (Å²) in [6.45, 7) is 3.86. The molecule has 12 heavy (non-hydrogen) atoms. The number of benzene rings is 1. The van der Waals surface area contributed by atoms with Crippen LogP contribution in [0.2, 0.25) is 0 Å². The SMILES string of the molecule is CCNCc1ccc(O)c(Br)c1. The molecule has 1 aromatic carbocycles. The summed E-state index contributed by atoms with van der Waals surface area (Å²) in [5, 5.41) is 12.4. The third-order valence-electron chi connectivity index (χ3n) is 1.59. The van der Waals surface area contributed by atoms with Gasteiger partial charge in [-0.2, -0.15) is 0 Å². The number of aromatic hydroxyl groups is 1. The van der Waals surface area contributed by atoms with Gasteiger partial charge < -0.3 is 10.4 Å². The van der Waals surface area contributed by atoms with Crippen LogP contribution >= 0.6 is 15.9 Å². The molecular weight excluding hydrogens is 218 g/mol. The average Bonchev–Trinajstić information content (AvgIpc) is 2.07. The first-order valence-electron chi connectivity index (χ1n) is 3.92. The van der Waals surface area contributed by atoms with E-state index in [1.807, 2.05) is 12.1 Å². The van der Waals surface area contributed by atoms with Gasteiger partial charge >= 0.3 is 0 Å². The van der Waals surface area contributed by atoms with Gasteiger partial charge in [-0.1, -0.05) is 13.0 Å². The van der Waals surface area contributed by atoms with Gasteiger partial charge in [-0.15, -0.1) is 0 Å². The van der Waals surface area contributed by atoms with Crippen molar-refractivity contribution in [2.45, 2.75) is 13.5 Å². The monoisotopic (exact) mass is 229 g/mol. The average molecular weight is 230 g/mol. The van der Waals surface area contributed by atoms with Gasteiger partial charge in [0.2, 0.25) is 0 Å². The Hall–Kier alpha value is -0.540. The van der Waals surface area contributed by atoms with E-state index in [2.05, 4.69) is 28.2 Å². The summed E-state index contributed by atoms with van der Waals surface area (Å²) in [6, 6.07) is 5.51. The van der Waals surface area contributed by atoms with Crippen molar-refractivity contribution in [2.75, 3.05) is 6.54 Å². The number of phenolic OH excluding ortho intramolecular Hbond substituents is 1. The molecule has 0 heterocycles. The van der Waals surface area contributed by atoms with Gasteiger partial charge in [0.1, 0.15) is 5.75 Å². The molecular formula is C9H12BrNO. The summed E-state index contributed by atoms with van der Waals surface area (Å²) in [7, 11) is 0. The number of rotatable bonds is 3. The van der Waals surface area contributed by atoms with Crippen LogP contribution in [0.15, 0.2) is 22.7 Å². The lowest BCUT2D eigenvalue weighted by molar-refractivity contribution is 0.471. The molecule has 0 bridgehead atoms. The predicted octanol–water partition coefficient (Wildman–Crippen LogP) is 2.26. The quantitative estimate of drug-likeness (QED) is 0.834. The van der Waals surface area contributed by atoms with Crippen molar-refractivity contribution in [2.24, 2.45) is 0 Å². The number of phenols is 1. The highest BCUT2D eigenvalue weighted by atomic mass is 79.9. The Morgan fingerprint density at radius 2 is 2.25 bits per heavy atom. The number of hydrogen-bond acceptors (Lipinski definition) is 2. The maximum absolute atomic E-state index is 9.20. The molecule has 2 N–H and O–H groups in total. The summed E-state index contributed by atoms with van der Waals surface area (Å²) in [5.74, 6) is 0.287. The van der Waals surface area contributed by atoms with E-state index in [1.54, 1.807) is 6.07 Å². The van der Waals surface area contributed by atoms with Crippen molar-refractivity contribution in [3.05, 3.63) is 28.2 Å². The maximum Gasteiger partial charge on any atom is 0.129 e. The molecule has 0 aliphatic heterocycles. The van der Waals surface area contributed by atoms with E-state index in [4.69, 9.17) is 0 Å². The highest BCUT2D eigenvalue weighted by Crippen LogP contribution is 2.23. The smallest absolute Gasteiger partial charge is 0.129 e. The third-order valence-corrected chi connectivity index (χ3v) is 2.23. The molecule has 1 aromatic rings. The minimum Gasteiger partial charge on any atom is -0.507 e. The van der Waals surface area contributed by atoms with E-state index < -0.39 is 0 Å². The zero-order valence-corrected chi connectivity index (χ0v) is 8.56. The second-order valence-corrected chi connectivity index (χ2v) is 3.42. The Bertz CT molecular complexity index is 263. The lowest BCUT2D eigenvalue weighted by Crippen LogP contribution is -2.11. The van der Waals surface area contributed by atoms with Gasteiger partial charge in [0, 0.05) is 6.54 Å². The highest BCUT2D eigenvalue weighted by Gasteiger charge is 1.97. The molecule has 3 heteroatoms. The van der Waals surface area contributed by atoms with Gasteiger partial charge in [-0.25, -0.2) is 0 Å². The zero-order valence-electron chi connectivity index (χ0n) is 6.97. The largest absolute Gasteiger partial charge is 0.507 e. The number of nitrogens with one attached hydrogen (secondary N) is 1. The lowest BCUT2D eigenvalue weighted by atomic mass is 10.2. The van der Waals surface area contributed by atoms with Gasteiger partial charge in [0.25, 0.3) is 0 Å². The fourth-order valence-electron chi connectivity index (χ4n) is 0.930.